The van der Waals surface area contributed by atoms with Gasteiger partial charge >= 0.3 is 0 Å². The first-order chi connectivity index (χ1) is 10.4. The number of benzene rings is 1. The van der Waals surface area contributed by atoms with Gasteiger partial charge in [0.05, 0.1) is 0 Å². The van der Waals surface area contributed by atoms with E-state index in [-0.39, 0.29) is 0 Å². The summed E-state index contributed by atoms with van der Waals surface area (Å²) in [5.41, 5.74) is 0.752. The highest BCUT2D eigenvalue weighted by Crippen LogP contribution is 2.25. The summed E-state index contributed by atoms with van der Waals surface area (Å²) >= 11 is 0. The number of pyridine rings is 1. The van der Waals surface area contributed by atoms with Gasteiger partial charge in [-0.3, -0.25) is 4.98 Å². The van der Waals surface area contributed by atoms with Crippen molar-refractivity contribution in [1.82, 2.24) is 20.5 Å². The van der Waals surface area contributed by atoms with Crippen molar-refractivity contribution in [2.75, 3.05) is 6.54 Å². The Balaban J connectivity index is 1.58. The molecule has 0 saturated heterocycles. The van der Waals surface area contributed by atoms with Gasteiger partial charge in [-0.15, -0.1) is 10.2 Å². The largest absolute Gasteiger partial charge is 0.419 e. The Morgan fingerprint density at radius 3 is 2.95 bits per heavy atom. The maximum absolute atomic E-state index is 5.76. The van der Waals surface area contributed by atoms with Gasteiger partial charge in [-0.25, -0.2) is 0 Å². The van der Waals surface area contributed by atoms with E-state index in [1.165, 1.54) is 12.8 Å². The van der Waals surface area contributed by atoms with E-state index in [0.29, 0.717) is 17.8 Å². The van der Waals surface area contributed by atoms with Crippen LogP contribution in [-0.4, -0.2) is 27.8 Å². The van der Waals surface area contributed by atoms with Crippen molar-refractivity contribution in [3.8, 4) is 11.6 Å². The minimum atomic E-state index is 0.494. The van der Waals surface area contributed by atoms with E-state index >= 15 is 0 Å². The van der Waals surface area contributed by atoms with Gasteiger partial charge in [0, 0.05) is 30.6 Å². The summed E-state index contributed by atoms with van der Waals surface area (Å²) < 4.78 is 5.76. The topological polar surface area (TPSA) is 63.8 Å². The van der Waals surface area contributed by atoms with E-state index < -0.39 is 0 Å². The van der Waals surface area contributed by atoms with Crippen LogP contribution in [0.15, 0.2) is 40.9 Å². The van der Waals surface area contributed by atoms with Crippen molar-refractivity contribution in [2.45, 2.75) is 25.3 Å². The molecule has 5 nitrogen and oxygen atoms in total. The summed E-state index contributed by atoms with van der Waals surface area (Å²) in [6, 6.07) is 10.8. The zero-order valence-electron chi connectivity index (χ0n) is 11.6. The van der Waals surface area contributed by atoms with Crippen LogP contribution in [-0.2, 0) is 6.42 Å². The second-order valence-corrected chi connectivity index (χ2v) is 5.36. The molecule has 1 aliphatic carbocycles. The van der Waals surface area contributed by atoms with Crippen LogP contribution >= 0.6 is 0 Å². The minimum absolute atomic E-state index is 0.494. The summed E-state index contributed by atoms with van der Waals surface area (Å²) in [5, 5.41) is 13.9. The average Bonchev–Trinajstić information content (AvgIpc) is 3.23. The zero-order valence-corrected chi connectivity index (χ0v) is 11.6. The maximum Gasteiger partial charge on any atom is 0.266 e. The van der Waals surface area contributed by atoms with Crippen LogP contribution in [0.4, 0.5) is 0 Å². The fraction of sp³-hybridized carbons (Fsp3) is 0.312. The molecule has 106 valence electrons. The SMILES string of the molecule is c1ccc2c(-c3nnc(CCNC4CC4)o3)nccc2c1. The maximum atomic E-state index is 5.76. The van der Waals surface area contributed by atoms with Gasteiger partial charge in [0.15, 0.2) is 0 Å². The lowest BCUT2D eigenvalue weighted by Crippen LogP contribution is -2.19. The molecular formula is C16H16N4O. The van der Waals surface area contributed by atoms with Crippen molar-refractivity contribution in [2.24, 2.45) is 0 Å². The summed E-state index contributed by atoms with van der Waals surface area (Å²) in [6.45, 7) is 0.884. The predicted molar refractivity (Wildman–Crippen MR) is 79.8 cm³/mol. The highest BCUT2D eigenvalue weighted by Gasteiger charge is 2.20. The molecule has 0 radical (unpaired) electrons. The summed E-state index contributed by atoms with van der Waals surface area (Å²) in [5.74, 6) is 1.15. The Labute approximate surface area is 122 Å². The molecule has 0 spiro atoms. The Bertz CT molecular complexity index is 758. The first-order valence-electron chi connectivity index (χ1n) is 7.30. The molecule has 0 bridgehead atoms. The van der Waals surface area contributed by atoms with E-state index in [9.17, 15) is 0 Å². The molecule has 4 rings (SSSR count). The Kier molecular flexibility index (Phi) is 3.12. The Hall–Kier alpha value is -2.27. The van der Waals surface area contributed by atoms with Crippen LogP contribution < -0.4 is 5.32 Å². The van der Waals surface area contributed by atoms with Crippen molar-refractivity contribution >= 4 is 10.8 Å². The Morgan fingerprint density at radius 1 is 1.14 bits per heavy atom. The van der Waals surface area contributed by atoms with Crippen LogP contribution in [0.3, 0.4) is 0 Å². The molecule has 2 aromatic heterocycles. The molecule has 0 aliphatic heterocycles. The molecule has 0 unspecified atom stereocenters. The molecule has 0 amide bonds. The number of hydrogen-bond acceptors (Lipinski definition) is 5. The summed E-state index contributed by atoms with van der Waals surface area (Å²) in [4.78, 5) is 4.40. The lowest BCUT2D eigenvalue weighted by atomic mass is 10.1. The lowest BCUT2D eigenvalue weighted by molar-refractivity contribution is 0.493. The number of fused-ring (bicyclic) bond motifs is 1. The van der Waals surface area contributed by atoms with Crippen molar-refractivity contribution in [3.05, 3.63) is 42.4 Å². The van der Waals surface area contributed by atoms with Gasteiger partial charge in [-0.2, -0.15) is 0 Å². The molecule has 5 heteroatoms. The summed E-state index contributed by atoms with van der Waals surface area (Å²) in [6.07, 6.45) is 5.11. The third-order valence-electron chi connectivity index (χ3n) is 3.69. The van der Waals surface area contributed by atoms with Crippen LogP contribution in [0.1, 0.15) is 18.7 Å². The number of rotatable bonds is 5. The van der Waals surface area contributed by atoms with E-state index in [4.69, 9.17) is 4.42 Å². The quantitative estimate of drug-likeness (QED) is 0.778. The standard InChI is InChI=1S/C16H16N4O/c1-2-4-13-11(3-1)7-9-18-15(13)16-20-19-14(21-16)8-10-17-12-5-6-12/h1-4,7,9,12,17H,5-6,8,10H2. The zero-order chi connectivity index (χ0) is 14.1. The number of nitrogens with one attached hydrogen (secondary N) is 1. The molecule has 21 heavy (non-hydrogen) atoms. The van der Waals surface area contributed by atoms with E-state index in [2.05, 4.69) is 26.6 Å². The van der Waals surface area contributed by atoms with Crippen LogP contribution in [0, 0.1) is 0 Å². The Morgan fingerprint density at radius 2 is 2.05 bits per heavy atom. The van der Waals surface area contributed by atoms with Gasteiger partial charge in [0.1, 0.15) is 5.69 Å². The molecule has 2 heterocycles. The fourth-order valence-electron chi connectivity index (χ4n) is 2.41. The molecule has 1 N–H and O–H groups in total. The number of aromatic nitrogens is 3. The van der Waals surface area contributed by atoms with Gasteiger partial charge in [-0.1, -0.05) is 24.3 Å². The van der Waals surface area contributed by atoms with E-state index in [1.807, 2.05) is 24.3 Å². The molecule has 0 atom stereocenters. The lowest BCUT2D eigenvalue weighted by Gasteiger charge is -2.01. The molecule has 1 aromatic carbocycles. The predicted octanol–water partition coefficient (Wildman–Crippen LogP) is 2.58. The van der Waals surface area contributed by atoms with Crippen LogP contribution in [0.25, 0.3) is 22.4 Å². The molecule has 1 aliphatic rings. The second-order valence-electron chi connectivity index (χ2n) is 5.36. The van der Waals surface area contributed by atoms with Gasteiger partial charge in [0.25, 0.3) is 5.89 Å². The van der Waals surface area contributed by atoms with Crippen molar-refractivity contribution < 1.29 is 4.42 Å². The van der Waals surface area contributed by atoms with Gasteiger partial charge in [0.2, 0.25) is 5.89 Å². The van der Waals surface area contributed by atoms with Crippen molar-refractivity contribution in [3.63, 3.8) is 0 Å². The fourth-order valence-corrected chi connectivity index (χ4v) is 2.41. The monoisotopic (exact) mass is 280 g/mol. The highest BCUT2D eigenvalue weighted by molar-refractivity contribution is 5.92. The van der Waals surface area contributed by atoms with Gasteiger partial charge < -0.3 is 9.73 Å². The van der Waals surface area contributed by atoms with Crippen LogP contribution in [0.2, 0.25) is 0 Å². The van der Waals surface area contributed by atoms with Crippen LogP contribution in [0.5, 0.6) is 0 Å². The highest BCUT2D eigenvalue weighted by atomic mass is 16.4. The normalized spacial score (nSPS) is 14.7. The molecular weight excluding hydrogens is 264 g/mol. The molecule has 1 saturated carbocycles. The van der Waals surface area contributed by atoms with Crippen molar-refractivity contribution in [1.29, 1.82) is 0 Å². The molecule has 1 fully saturated rings. The number of nitrogens with zero attached hydrogens (tertiary/aromatic N) is 3. The first kappa shape index (κ1) is 12.5. The minimum Gasteiger partial charge on any atom is -0.419 e. The summed E-state index contributed by atoms with van der Waals surface area (Å²) in [7, 11) is 0. The van der Waals surface area contributed by atoms with E-state index in [1.54, 1.807) is 6.20 Å². The van der Waals surface area contributed by atoms with E-state index in [0.717, 1.165) is 29.4 Å². The average molecular weight is 280 g/mol. The third kappa shape index (κ3) is 2.64. The third-order valence-corrected chi connectivity index (χ3v) is 3.69. The molecule has 3 aromatic rings. The first-order valence-corrected chi connectivity index (χ1v) is 7.30. The number of hydrogen-bond donors (Lipinski definition) is 1. The van der Waals surface area contributed by atoms with Gasteiger partial charge in [-0.05, 0) is 24.3 Å². The smallest absolute Gasteiger partial charge is 0.266 e. The second kappa shape index (κ2) is 5.26.